The van der Waals surface area contributed by atoms with Crippen molar-refractivity contribution in [2.45, 2.75) is 39.8 Å². The SMILES string of the molecule is CC(=O)N(O)C(=N)c1ccc(Oc2cc(Oc3ccc(C(=N)N(O)C(C)=O)cc3)cc(C(=O)N3CCc4ccccc4C3)c2)cc1.N=C(N)c1ccc(Oc2cc(Oc3ccc(C(=N)N)cc3)cc(C(=O)N3CCc4ccccc4C3)c2)cc1. The Morgan fingerprint density at radius 3 is 0.940 bits per heavy atom. The van der Waals surface area contributed by atoms with Crippen molar-refractivity contribution in [2.24, 2.45) is 11.5 Å². The first-order valence-electron chi connectivity index (χ1n) is 26.4. The molecule has 0 unspecified atom stereocenters. The van der Waals surface area contributed by atoms with Gasteiger partial charge < -0.3 is 40.2 Å². The molecule has 8 aromatic rings. The highest BCUT2D eigenvalue weighted by atomic mass is 16.5. The van der Waals surface area contributed by atoms with E-state index in [2.05, 4.69) is 18.2 Å². The molecule has 0 spiro atoms. The Bertz CT molecular complexity index is 3660. The molecule has 10 rings (SSSR count). The van der Waals surface area contributed by atoms with Gasteiger partial charge in [0.25, 0.3) is 11.8 Å². The predicted molar refractivity (Wildman–Crippen MR) is 313 cm³/mol. The maximum atomic E-state index is 13.8. The zero-order valence-corrected chi connectivity index (χ0v) is 45.7. The number of nitrogens with two attached hydrogens (primary N) is 2. The van der Waals surface area contributed by atoms with Crippen LogP contribution in [0.3, 0.4) is 0 Å². The molecule has 0 saturated heterocycles. The van der Waals surface area contributed by atoms with Crippen molar-refractivity contribution in [3.63, 3.8) is 0 Å². The number of hydrogen-bond donors (Lipinski definition) is 8. The van der Waals surface area contributed by atoms with Crippen LogP contribution in [0.4, 0.5) is 0 Å². The third-order valence-electron chi connectivity index (χ3n) is 13.6. The Hall–Kier alpha value is -11.0. The van der Waals surface area contributed by atoms with Gasteiger partial charge in [-0.2, -0.15) is 10.1 Å². The highest BCUT2D eigenvalue weighted by Gasteiger charge is 2.26. The molecule has 8 aromatic carbocycles. The lowest BCUT2D eigenvalue weighted by Crippen LogP contribution is -2.35. The summed E-state index contributed by atoms with van der Waals surface area (Å²) in [5, 5.41) is 51.2. The summed E-state index contributed by atoms with van der Waals surface area (Å²) in [6.07, 6.45) is 1.53. The van der Waals surface area contributed by atoms with Crippen LogP contribution < -0.4 is 30.4 Å². The average molecular weight is 1130 g/mol. The van der Waals surface area contributed by atoms with Crippen LogP contribution in [-0.2, 0) is 35.5 Å². The zero-order chi connectivity index (χ0) is 59.6. The normalized spacial score (nSPS) is 12.2. The van der Waals surface area contributed by atoms with Gasteiger partial charge in [0.05, 0.1) is 0 Å². The van der Waals surface area contributed by atoms with E-state index in [-0.39, 0.29) is 56.4 Å². The molecule has 2 aliphatic heterocycles. The summed E-state index contributed by atoms with van der Waals surface area (Å²) in [6.45, 7) is 4.44. The zero-order valence-electron chi connectivity index (χ0n) is 45.7. The van der Waals surface area contributed by atoms with E-state index in [1.165, 1.54) is 35.4 Å². The van der Waals surface area contributed by atoms with E-state index in [9.17, 15) is 29.6 Å². The minimum absolute atomic E-state index is 0.0290. The Balaban J connectivity index is 0.000000205. The number of benzene rings is 8. The average Bonchev–Trinajstić information content (AvgIpc) is 3.70. The second-order valence-electron chi connectivity index (χ2n) is 19.6. The smallest absolute Gasteiger partial charge is 0.254 e. The Labute approximate surface area is 483 Å². The van der Waals surface area contributed by atoms with Gasteiger partial charge in [-0.25, -0.2) is 0 Å². The van der Waals surface area contributed by atoms with Crippen molar-refractivity contribution < 1.29 is 48.5 Å². The molecular weight excluding hydrogens is 1070 g/mol. The van der Waals surface area contributed by atoms with Crippen LogP contribution in [0.5, 0.6) is 46.0 Å². The van der Waals surface area contributed by atoms with Gasteiger partial charge in [-0.1, -0.05) is 48.5 Å². The number of nitrogens with one attached hydrogen (secondary N) is 4. The minimum Gasteiger partial charge on any atom is -0.457 e. The Kier molecular flexibility index (Phi) is 17.6. The second-order valence-corrected chi connectivity index (χ2v) is 19.6. The van der Waals surface area contributed by atoms with Gasteiger partial charge in [0.2, 0.25) is 11.8 Å². The molecule has 0 atom stereocenters. The van der Waals surface area contributed by atoms with Crippen LogP contribution in [0.1, 0.15) is 79.1 Å². The molecule has 84 heavy (non-hydrogen) atoms. The molecule has 0 radical (unpaired) electrons. The summed E-state index contributed by atoms with van der Waals surface area (Å²) in [7, 11) is 0. The van der Waals surface area contributed by atoms with Crippen LogP contribution in [0.15, 0.2) is 182 Å². The van der Waals surface area contributed by atoms with Crippen LogP contribution >= 0.6 is 0 Å². The number of hydroxylamine groups is 4. The number of fused-ring (bicyclic) bond motifs is 2. The van der Waals surface area contributed by atoms with Crippen molar-refractivity contribution in [2.75, 3.05) is 13.1 Å². The summed E-state index contributed by atoms with van der Waals surface area (Å²) in [4.78, 5) is 53.8. The maximum absolute atomic E-state index is 13.8. The summed E-state index contributed by atoms with van der Waals surface area (Å²) < 4.78 is 24.3. The van der Waals surface area contributed by atoms with Crippen LogP contribution in [0.25, 0.3) is 0 Å². The molecule has 0 bridgehead atoms. The minimum atomic E-state index is -0.698. The largest absolute Gasteiger partial charge is 0.457 e. The summed E-state index contributed by atoms with van der Waals surface area (Å²) in [6, 6.07) is 52.1. The lowest BCUT2D eigenvalue weighted by atomic mass is 9.99. The molecule has 20 nitrogen and oxygen atoms in total. The molecule has 0 fully saturated rings. The highest BCUT2D eigenvalue weighted by Crippen LogP contribution is 2.35. The standard InChI is InChI=1S/C34H31N5O7.C30H27N5O3/c1-21(40)38(43)32(35)24-7-11-28(12-8-24)45-30-17-27(34(42)37-16-15-23-5-3-4-6-26(23)20-37)18-31(19-30)46-29-13-9-25(10-14-29)33(36)39(44)22(2)41;31-28(32)20-5-9-24(10-6-20)37-26-15-23(30(36)35-14-13-19-3-1-2-4-22(19)18-35)16-27(17-26)38-25-11-7-21(8-12-25)29(33)34/h3-14,17-19,35-36,43-44H,15-16,20H2,1-2H3;1-12,15-17H,13-14,18H2,(H3,31,32)(H3,33,34). The number of carbonyl (C=O) groups excluding carboxylic acids is 4. The van der Waals surface area contributed by atoms with Crippen LogP contribution in [-0.4, -0.2) is 90.4 Å². The topological polar surface area (TPSA) is 306 Å². The van der Waals surface area contributed by atoms with Gasteiger partial charge in [-0.3, -0.25) is 51.2 Å². The second kappa shape index (κ2) is 25.7. The number of rotatable bonds is 14. The van der Waals surface area contributed by atoms with Gasteiger partial charge in [0.1, 0.15) is 57.7 Å². The monoisotopic (exact) mass is 1130 g/mol. The summed E-state index contributed by atoms with van der Waals surface area (Å²) >= 11 is 0. The van der Waals surface area contributed by atoms with Crippen molar-refractivity contribution in [1.29, 1.82) is 21.6 Å². The first-order chi connectivity index (χ1) is 40.3. The van der Waals surface area contributed by atoms with Gasteiger partial charge >= 0.3 is 0 Å². The van der Waals surface area contributed by atoms with Crippen molar-refractivity contribution >= 4 is 47.0 Å². The molecule has 20 heteroatoms. The molecule has 0 aromatic heterocycles. The lowest BCUT2D eigenvalue weighted by Gasteiger charge is -2.29. The van der Waals surface area contributed by atoms with E-state index in [0.29, 0.717) is 94.4 Å². The number of nitrogen functional groups attached to an aromatic ring is 2. The predicted octanol–water partition coefficient (Wildman–Crippen LogP) is 10.6. The van der Waals surface area contributed by atoms with E-state index in [4.69, 9.17) is 52.1 Å². The van der Waals surface area contributed by atoms with Crippen molar-refractivity contribution in [1.82, 2.24) is 19.9 Å². The molecule has 0 saturated carbocycles. The van der Waals surface area contributed by atoms with Gasteiger partial charge in [-0.15, -0.1) is 0 Å². The number of hydrogen-bond acceptors (Lipinski definition) is 14. The van der Waals surface area contributed by atoms with E-state index in [0.717, 1.165) is 37.8 Å². The maximum Gasteiger partial charge on any atom is 0.254 e. The Morgan fingerprint density at radius 2 is 0.667 bits per heavy atom. The summed E-state index contributed by atoms with van der Waals surface area (Å²) in [5.74, 6) is 0.689. The molecule has 10 N–H and O–H groups in total. The first-order valence-corrected chi connectivity index (χ1v) is 26.4. The summed E-state index contributed by atoms with van der Waals surface area (Å²) in [5.41, 5.74) is 18.3. The molecule has 2 aliphatic rings. The van der Waals surface area contributed by atoms with Crippen molar-refractivity contribution in [3.8, 4) is 46.0 Å². The molecule has 424 valence electrons. The number of amides is 4. The van der Waals surface area contributed by atoms with Gasteiger partial charge in [0.15, 0.2) is 11.7 Å². The molecular formula is C64H58N10O10. The quantitative estimate of drug-likeness (QED) is 0.0218. The third kappa shape index (κ3) is 14.1. The number of nitrogens with zero attached hydrogens (tertiary/aromatic N) is 4. The fraction of sp³-hybridized carbons (Fsp3) is 0.125. The van der Waals surface area contributed by atoms with Gasteiger partial charge in [0, 0.05) is 85.5 Å². The van der Waals surface area contributed by atoms with Gasteiger partial charge in [-0.05, 0) is 156 Å². The first kappa shape index (κ1) is 57.7. The van der Waals surface area contributed by atoms with Crippen molar-refractivity contribution in [3.05, 3.63) is 238 Å². The number of carbonyl (C=O) groups is 4. The van der Waals surface area contributed by atoms with E-state index < -0.39 is 11.8 Å². The number of amidine groups is 4. The Morgan fingerprint density at radius 1 is 0.393 bits per heavy atom. The number of ether oxygens (including phenoxy) is 4. The van der Waals surface area contributed by atoms with Crippen LogP contribution in [0.2, 0.25) is 0 Å². The fourth-order valence-electron chi connectivity index (χ4n) is 9.20. The molecule has 4 amide bonds. The fourth-order valence-corrected chi connectivity index (χ4v) is 9.20. The van der Waals surface area contributed by atoms with E-state index in [1.807, 2.05) is 35.2 Å². The van der Waals surface area contributed by atoms with E-state index >= 15 is 0 Å². The van der Waals surface area contributed by atoms with Crippen LogP contribution in [0, 0.1) is 21.6 Å². The highest BCUT2D eigenvalue weighted by molar-refractivity contribution is 6.05. The molecule has 0 aliphatic carbocycles. The third-order valence-corrected chi connectivity index (χ3v) is 13.6. The van der Waals surface area contributed by atoms with E-state index in [1.54, 1.807) is 114 Å². The lowest BCUT2D eigenvalue weighted by molar-refractivity contribution is -0.147. The molecule has 2 heterocycles.